The summed E-state index contributed by atoms with van der Waals surface area (Å²) in [4.78, 5) is 40.2. The molecule has 4 aromatic rings. The highest BCUT2D eigenvalue weighted by atomic mass is 35.5. The van der Waals surface area contributed by atoms with Crippen LogP contribution in [-0.4, -0.2) is 35.5 Å². The second-order valence-electron chi connectivity index (χ2n) is 7.89. The number of para-hydroxylation sites is 1. The number of fused-ring (bicyclic) bond motifs is 1. The number of allylic oxidation sites excluding steroid dienone is 1. The Bertz CT molecular complexity index is 1610. The van der Waals surface area contributed by atoms with Crippen molar-refractivity contribution in [2.24, 2.45) is 5.10 Å². The summed E-state index contributed by atoms with van der Waals surface area (Å²) in [6.07, 6.45) is 3.45. The summed E-state index contributed by atoms with van der Waals surface area (Å²) in [5, 5.41) is 7.73. The molecule has 1 amide bonds. The molecule has 3 aromatic carbocycles. The fourth-order valence-corrected chi connectivity index (χ4v) is 3.76. The summed E-state index contributed by atoms with van der Waals surface area (Å²) < 4.78 is 12.1. The number of aromatic amines is 1. The summed E-state index contributed by atoms with van der Waals surface area (Å²) in [6.45, 7) is 3.51. The predicted octanol–water partition coefficient (Wildman–Crippen LogP) is 3.98. The fraction of sp³-hybridized carbons (Fsp3) is 0.111. The van der Waals surface area contributed by atoms with Gasteiger partial charge in [-0.1, -0.05) is 29.8 Å². The molecule has 0 spiro atoms. The van der Waals surface area contributed by atoms with E-state index in [4.69, 9.17) is 21.1 Å². The molecule has 0 fully saturated rings. The molecule has 0 aliphatic carbocycles. The zero-order valence-corrected chi connectivity index (χ0v) is 20.6. The molecule has 0 aliphatic heterocycles. The van der Waals surface area contributed by atoms with Gasteiger partial charge in [-0.05, 0) is 60.5 Å². The number of anilines is 1. The van der Waals surface area contributed by atoms with E-state index in [1.807, 2.05) is 0 Å². The van der Waals surface area contributed by atoms with Gasteiger partial charge in [-0.25, -0.2) is 4.79 Å². The van der Waals surface area contributed by atoms with Crippen LogP contribution in [0.5, 0.6) is 11.5 Å². The van der Waals surface area contributed by atoms with E-state index >= 15 is 0 Å². The second kappa shape index (κ2) is 11.4. The number of H-pyrrole nitrogens is 1. The number of methoxy groups -OCH3 is 1. The van der Waals surface area contributed by atoms with Crippen molar-refractivity contribution in [3.63, 3.8) is 0 Å². The highest BCUT2D eigenvalue weighted by molar-refractivity contribution is 6.30. The molecule has 0 unspecified atom stereocenters. The minimum absolute atomic E-state index is 0.265. The number of aromatic nitrogens is 2. The third kappa shape index (κ3) is 5.96. The zero-order chi connectivity index (χ0) is 26.4. The third-order valence-corrected chi connectivity index (χ3v) is 5.57. The Balaban J connectivity index is 1.59. The molecule has 0 atom stereocenters. The van der Waals surface area contributed by atoms with Crippen molar-refractivity contribution < 1.29 is 14.3 Å². The summed E-state index contributed by atoms with van der Waals surface area (Å²) >= 11 is 5.88. The molecule has 0 aliphatic rings. The predicted molar refractivity (Wildman–Crippen MR) is 144 cm³/mol. The fourth-order valence-electron chi connectivity index (χ4n) is 3.63. The van der Waals surface area contributed by atoms with E-state index in [0.29, 0.717) is 50.7 Å². The molecule has 0 saturated carbocycles. The molecule has 9 nitrogen and oxygen atoms in total. The Hall–Kier alpha value is -4.63. The van der Waals surface area contributed by atoms with Gasteiger partial charge in [-0.15, -0.1) is 11.3 Å². The van der Waals surface area contributed by atoms with Gasteiger partial charge in [0.15, 0.2) is 18.1 Å². The summed E-state index contributed by atoms with van der Waals surface area (Å²) in [6, 6.07) is 16.8. The first-order valence-corrected chi connectivity index (χ1v) is 11.6. The third-order valence-electron chi connectivity index (χ3n) is 5.32. The largest absolute Gasteiger partial charge is 0.493 e. The van der Waals surface area contributed by atoms with Gasteiger partial charge in [0.1, 0.15) is 0 Å². The van der Waals surface area contributed by atoms with E-state index in [1.165, 1.54) is 13.3 Å². The standard InChI is InChI=1S/C27H23ClN4O5/c1-3-6-18-13-17(15-29-32-26(34)21-7-4-5-8-22(21)31-27(32)35)14-23(36-2)25(18)37-16-24(33)30-20-11-9-19(28)10-12-20/h3-5,7-15H,1,6,16H2,2H3,(H,30,33)(H,31,35). The van der Waals surface area contributed by atoms with Crippen LogP contribution in [0.2, 0.25) is 5.02 Å². The van der Waals surface area contributed by atoms with Gasteiger partial charge in [-0.2, -0.15) is 5.10 Å². The van der Waals surface area contributed by atoms with Gasteiger partial charge in [0, 0.05) is 16.3 Å². The number of carbonyl (C=O) groups is 1. The maximum atomic E-state index is 12.7. The molecular weight excluding hydrogens is 496 g/mol. The van der Waals surface area contributed by atoms with E-state index in [1.54, 1.807) is 66.7 Å². The van der Waals surface area contributed by atoms with Gasteiger partial charge in [-0.3, -0.25) is 9.59 Å². The highest BCUT2D eigenvalue weighted by Crippen LogP contribution is 2.33. The van der Waals surface area contributed by atoms with E-state index in [9.17, 15) is 14.4 Å². The Morgan fingerprint density at radius 1 is 1.16 bits per heavy atom. The van der Waals surface area contributed by atoms with Gasteiger partial charge >= 0.3 is 5.69 Å². The molecule has 2 N–H and O–H groups in total. The van der Waals surface area contributed by atoms with Crippen molar-refractivity contribution in [2.45, 2.75) is 6.42 Å². The van der Waals surface area contributed by atoms with Crippen LogP contribution in [-0.2, 0) is 11.2 Å². The molecule has 1 aromatic heterocycles. The first-order chi connectivity index (χ1) is 17.9. The smallest absolute Gasteiger partial charge is 0.349 e. The Kier molecular flexibility index (Phi) is 7.85. The molecule has 188 valence electrons. The van der Waals surface area contributed by atoms with Crippen LogP contribution in [0.25, 0.3) is 10.9 Å². The first kappa shape index (κ1) is 25.5. The van der Waals surface area contributed by atoms with Crippen LogP contribution in [0.3, 0.4) is 0 Å². The van der Waals surface area contributed by atoms with Gasteiger partial charge < -0.3 is 19.8 Å². The average molecular weight is 519 g/mol. The molecule has 4 rings (SSSR count). The molecule has 0 bridgehead atoms. The van der Waals surface area contributed by atoms with Crippen LogP contribution < -0.4 is 26.0 Å². The maximum Gasteiger partial charge on any atom is 0.349 e. The normalized spacial score (nSPS) is 11.0. The van der Waals surface area contributed by atoms with Crippen LogP contribution >= 0.6 is 11.6 Å². The topological polar surface area (TPSA) is 115 Å². The highest BCUT2D eigenvalue weighted by Gasteiger charge is 2.15. The number of halogens is 1. The minimum atomic E-state index is -0.662. The lowest BCUT2D eigenvalue weighted by Crippen LogP contribution is -2.32. The van der Waals surface area contributed by atoms with Gasteiger partial charge in [0.25, 0.3) is 11.5 Å². The SMILES string of the molecule is C=CCc1cc(C=Nn2c(=O)[nH]c3ccccc3c2=O)cc(OC)c1OCC(=O)Nc1ccc(Cl)cc1. The van der Waals surface area contributed by atoms with Crippen molar-refractivity contribution in [2.75, 3.05) is 19.0 Å². The van der Waals surface area contributed by atoms with E-state index in [2.05, 4.69) is 22.0 Å². The summed E-state index contributed by atoms with van der Waals surface area (Å²) in [7, 11) is 1.47. The molecule has 10 heteroatoms. The Labute approximate surface area is 216 Å². The van der Waals surface area contributed by atoms with E-state index < -0.39 is 11.2 Å². The van der Waals surface area contributed by atoms with Crippen molar-refractivity contribution >= 4 is 40.3 Å². The van der Waals surface area contributed by atoms with Crippen LogP contribution in [0.4, 0.5) is 5.69 Å². The summed E-state index contributed by atoms with van der Waals surface area (Å²) in [5.74, 6) is 0.348. The van der Waals surface area contributed by atoms with Gasteiger partial charge in [0.05, 0.1) is 24.2 Å². The average Bonchev–Trinajstić information content (AvgIpc) is 2.89. The van der Waals surface area contributed by atoms with E-state index in [0.717, 1.165) is 4.68 Å². The number of hydrogen-bond donors (Lipinski definition) is 2. The zero-order valence-electron chi connectivity index (χ0n) is 19.9. The number of carbonyl (C=O) groups excluding carboxylic acids is 1. The first-order valence-electron chi connectivity index (χ1n) is 11.2. The molecule has 1 heterocycles. The van der Waals surface area contributed by atoms with Crippen LogP contribution in [0, 0.1) is 0 Å². The quantitative estimate of drug-likeness (QED) is 0.257. The Morgan fingerprint density at radius 3 is 2.65 bits per heavy atom. The van der Waals surface area contributed by atoms with Crippen molar-refractivity contribution in [3.8, 4) is 11.5 Å². The molecule has 0 radical (unpaired) electrons. The number of nitrogens with one attached hydrogen (secondary N) is 2. The van der Waals surface area contributed by atoms with Gasteiger partial charge in [0.2, 0.25) is 0 Å². The van der Waals surface area contributed by atoms with Crippen molar-refractivity contribution in [1.29, 1.82) is 0 Å². The number of ether oxygens (including phenoxy) is 2. The number of benzene rings is 3. The molecule has 0 saturated heterocycles. The van der Waals surface area contributed by atoms with Crippen molar-refractivity contribution in [3.05, 3.63) is 110 Å². The lowest BCUT2D eigenvalue weighted by Gasteiger charge is -2.15. The number of amides is 1. The lowest BCUT2D eigenvalue weighted by atomic mass is 10.1. The number of hydrogen-bond acceptors (Lipinski definition) is 6. The van der Waals surface area contributed by atoms with E-state index in [-0.39, 0.29) is 12.5 Å². The second-order valence-corrected chi connectivity index (χ2v) is 8.32. The monoisotopic (exact) mass is 518 g/mol. The summed E-state index contributed by atoms with van der Waals surface area (Å²) in [5.41, 5.74) is 1.04. The Morgan fingerprint density at radius 2 is 1.92 bits per heavy atom. The maximum absolute atomic E-state index is 12.7. The van der Waals surface area contributed by atoms with Crippen LogP contribution in [0.15, 0.2) is 88.0 Å². The molecule has 37 heavy (non-hydrogen) atoms. The number of nitrogens with zero attached hydrogens (tertiary/aromatic N) is 2. The van der Waals surface area contributed by atoms with Crippen molar-refractivity contribution in [1.82, 2.24) is 9.66 Å². The molecular formula is C27H23ClN4O5. The minimum Gasteiger partial charge on any atom is -0.493 e. The van der Waals surface area contributed by atoms with Crippen LogP contribution in [0.1, 0.15) is 11.1 Å². The number of rotatable bonds is 9. The lowest BCUT2D eigenvalue weighted by molar-refractivity contribution is -0.118.